The Morgan fingerprint density at radius 1 is 1.40 bits per heavy atom. The van der Waals surface area contributed by atoms with Crippen LogP contribution in [0.5, 0.6) is 0 Å². The predicted molar refractivity (Wildman–Crippen MR) is 78.4 cm³/mol. The van der Waals surface area contributed by atoms with E-state index in [2.05, 4.69) is 15.5 Å². The second-order valence-electron chi connectivity index (χ2n) is 5.05. The average Bonchev–Trinajstić information content (AvgIpc) is 2.79. The maximum Gasteiger partial charge on any atom is 0.184 e. The van der Waals surface area contributed by atoms with Gasteiger partial charge in [0.15, 0.2) is 5.82 Å². The van der Waals surface area contributed by atoms with Crippen molar-refractivity contribution in [2.24, 2.45) is 0 Å². The molecule has 0 aliphatic rings. The molecule has 2 rings (SSSR count). The molecule has 0 saturated carbocycles. The number of nitrogens with zero attached hydrogens (tertiary/aromatic N) is 4. The lowest BCUT2D eigenvalue weighted by Gasteiger charge is -2.24. The molecule has 1 heterocycles. The zero-order valence-corrected chi connectivity index (χ0v) is 12.6. The third kappa shape index (κ3) is 3.08. The lowest BCUT2D eigenvalue weighted by molar-refractivity contribution is -0.0246. The van der Waals surface area contributed by atoms with Crippen LogP contribution in [0.25, 0.3) is 11.4 Å². The molecular weight excluding hydrogens is 278 g/mol. The Morgan fingerprint density at radius 3 is 2.85 bits per heavy atom. The maximum absolute atomic E-state index is 6.04. The number of halogens is 1. The minimum atomic E-state index is -0.369. The van der Waals surface area contributed by atoms with E-state index in [1.807, 2.05) is 32.9 Å². The summed E-state index contributed by atoms with van der Waals surface area (Å²) < 4.78 is 7.35. The normalized spacial score (nSPS) is 11.8. The van der Waals surface area contributed by atoms with Crippen LogP contribution in [0.3, 0.4) is 0 Å². The number of aromatic nitrogens is 4. The van der Waals surface area contributed by atoms with Gasteiger partial charge < -0.3 is 10.5 Å². The first kappa shape index (κ1) is 14.7. The highest BCUT2D eigenvalue weighted by atomic mass is 35.5. The highest BCUT2D eigenvalue weighted by Crippen LogP contribution is 2.30. The van der Waals surface area contributed by atoms with Gasteiger partial charge >= 0.3 is 0 Å². The monoisotopic (exact) mass is 295 g/mol. The van der Waals surface area contributed by atoms with E-state index in [-0.39, 0.29) is 5.60 Å². The Kier molecular flexibility index (Phi) is 4.25. The molecule has 0 fully saturated rings. The Labute approximate surface area is 122 Å². The van der Waals surface area contributed by atoms with E-state index < -0.39 is 0 Å². The van der Waals surface area contributed by atoms with Gasteiger partial charge in [0.25, 0.3) is 0 Å². The molecule has 0 bridgehead atoms. The van der Waals surface area contributed by atoms with Gasteiger partial charge in [0.05, 0.1) is 22.9 Å². The number of para-hydroxylation sites is 1. The third-order valence-electron chi connectivity index (χ3n) is 2.89. The minimum Gasteiger partial charge on any atom is -0.397 e. The van der Waals surface area contributed by atoms with Crippen LogP contribution in [0.2, 0.25) is 5.02 Å². The summed E-state index contributed by atoms with van der Waals surface area (Å²) in [4.78, 5) is 0. The van der Waals surface area contributed by atoms with E-state index in [9.17, 15) is 0 Å². The Balaban J connectivity index is 2.36. The zero-order valence-electron chi connectivity index (χ0n) is 11.8. The third-order valence-corrected chi connectivity index (χ3v) is 3.22. The molecule has 20 heavy (non-hydrogen) atoms. The van der Waals surface area contributed by atoms with Crippen LogP contribution >= 0.6 is 11.6 Å². The van der Waals surface area contributed by atoms with Gasteiger partial charge in [-0.25, -0.2) is 4.68 Å². The van der Waals surface area contributed by atoms with Gasteiger partial charge in [-0.3, -0.25) is 0 Å². The summed E-state index contributed by atoms with van der Waals surface area (Å²) in [7, 11) is 0. The average molecular weight is 296 g/mol. The topological polar surface area (TPSA) is 78.8 Å². The second kappa shape index (κ2) is 5.76. The van der Waals surface area contributed by atoms with Crippen LogP contribution in [0.1, 0.15) is 20.8 Å². The number of nitrogens with two attached hydrogens (primary N) is 1. The molecule has 1 aromatic heterocycles. The first-order chi connectivity index (χ1) is 9.44. The Hall–Kier alpha value is -1.66. The van der Waals surface area contributed by atoms with Crippen molar-refractivity contribution in [2.75, 3.05) is 12.3 Å². The number of hydrogen-bond acceptors (Lipinski definition) is 5. The zero-order chi connectivity index (χ0) is 14.8. The minimum absolute atomic E-state index is 0.369. The second-order valence-corrected chi connectivity index (χ2v) is 5.46. The van der Waals surface area contributed by atoms with E-state index in [0.717, 1.165) is 5.56 Å². The van der Waals surface area contributed by atoms with Crippen molar-refractivity contribution < 1.29 is 4.74 Å². The molecule has 0 atom stereocenters. The fourth-order valence-corrected chi connectivity index (χ4v) is 2.21. The molecule has 0 aliphatic heterocycles. The van der Waals surface area contributed by atoms with Crippen LogP contribution in [-0.2, 0) is 11.3 Å². The lowest BCUT2D eigenvalue weighted by atomic mass is 10.1. The highest BCUT2D eigenvalue weighted by molar-refractivity contribution is 6.33. The number of anilines is 1. The first-order valence-corrected chi connectivity index (χ1v) is 6.77. The van der Waals surface area contributed by atoms with Crippen molar-refractivity contribution in [3.8, 4) is 11.4 Å². The summed E-state index contributed by atoms with van der Waals surface area (Å²) in [5, 5.41) is 12.3. The molecule has 6 nitrogen and oxygen atoms in total. The van der Waals surface area contributed by atoms with Gasteiger partial charge in [0, 0.05) is 12.2 Å². The quantitative estimate of drug-likeness (QED) is 0.857. The van der Waals surface area contributed by atoms with Crippen LogP contribution in [-0.4, -0.2) is 32.4 Å². The van der Waals surface area contributed by atoms with E-state index in [1.54, 1.807) is 10.7 Å². The lowest BCUT2D eigenvalue weighted by Crippen LogP contribution is -2.31. The van der Waals surface area contributed by atoms with Gasteiger partial charge in [-0.2, -0.15) is 0 Å². The summed E-state index contributed by atoms with van der Waals surface area (Å²) in [5.74, 6) is 0.581. The number of ether oxygens (including phenoxy) is 1. The predicted octanol–water partition coefficient (Wildman–Crippen LogP) is 2.39. The molecule has 0 saturated heterocycles. The van der Waals surface area contributed by atoms with Gasteiger partial charge in [0.2, 0.25) is 0 Å². The van der Waals surface area contributed by atoms with Crippen molar-refractivity contribution in [1.82, 2.24) is 20.2 Å². The summed E-state index contributed by atoms with van der Waals surface area (Å²) >= 11 is 6.04. The maximum atomic E-state index is 6.04. The molecular formula is C13H18ClN5O. The number of rotatable bonds is 5. The fraction of sp³-hybridized carbons (Fsp3) is 0.462. The van der Waals surface area contributed by atoms with Crippen LogP contribution in [0.4, 0.5) is 5.69 Å². The summed E-state index contributed by atoms with van der Waals surface area (Å²) in [6, 6.07) is 5.40. The molecule has 0 amide bonds. The molecule has 2 aromatic rings. The number of tetrazole rings is 1. The number of nitrogen functional groups attached to an aromatic ring is 1. The highest BCUT2D eigenvalue weighted by Gasteiger charge is 2.23. The van der Waals surface area contributed by atoms with E-state index in [0.29, 0.717) is 29.7 Å². The van der Waals surface area contributed by atoms with Crippen LogP contribution in [0, 0.1) is 0 Å². The molecule has 0 unspecified atom stereocenters. The molecule has 0 radical (unpaired) electrons. The molecule has 0 spiro atoms. The Bertz CT molecular complexity index is 596. The summed E-state index contributed by atoms with van der Waals surface area (Å²) in [6.45, 7) is 7.09. The Morgan fingerprint density at radius 2 is 2.15 bits per heavy atom. The number of benzene rings is 1. The van der Waals surface area contributed by atoms with Crippen molar-refractivity contribution in [3.63, 3.8) is 0 Å². The largest absolute Gasteiger partial charge is 0.397 e. The van der Waals surface area contributed by atoms with E-state index >= 15 is 0 Å². The molecule has 0 aliphatic carbocycles. The van der Waals surface area contributed by atoms with Gasteiger partial charge in [-0.1, -0.05) is 17.7 Å². The smallest absolute Gasteiger partial charge is 0.184 e. The van der Waals surface area contributed by atoms with Gasteiger partial charge in [-0.15, -0.1) is 5.10 Å². The van der Waals surface area contributed by atoms with Gasteiger partial charge in [0.1, 0.15) is 0 Å². The molecule has 108 valence electrons. The summed E-state index contributed by atoms with van der Waals surface area (Å²) in [5.41, 5.74) is 6.81. The van der Waals surface area contributed by atoms with Crippen molar-refractivity contribution in [1.29, 1.82) is 0 Å². The van der Waals surface area contributed by atoms with Crippen LogP contribution in [0.15, 0.2) is 18.2 Å². The molecule has 1 aromatic carbocycles. The van der Waals surface area contributed by atoms with Crippen LogP contribution < -0.4 is 5.73 Å². The van der Waals surface area contributed by atoms with Crippen molar-refractivity contribution in [2.45, 2.75) is 32.9 Å². The molecule has 7 heteroatoms. The van der Waals surface area contributed by atoms with Gasteiger partial charge in [-0.05, 0) is 43.3 Å². The number of hydrogen-bond donors (Lipinski definition) is 1. The van der Waals surface area contributed by atoms with Crippen molar-refractivity contribution in [3.05, 3.63) is 23.2 Å². The fourth-order valence-electron chi connectivity index (χ4n) is 2.03. The first-order valence-electron chi connectivity index (χ1n) is 6.39. The summed E-state index contributed by atoms with van der Waals surface area (Å²) in [6.07, 6.45) is 0. The molecule has 2 N–H and O–H groups in total. The van der Waals surface area contributed by atoms with E-state index in [4.69, 9.17) is 22.1 Å². The SMILES string of the molecule is CCOC(C)(C)Cn1nnnc1-c1cccc(Cl)c1N. The van der Waals surface area contributed by atoms with E-state index in [1.165, 1.54) is 0 Å². The van der Waals surface area contributed by atoms with Crippen molar-refractivity contribution >= 4 is 17.3 Å². The standard InChI is InChI=1S/C13H18ClN5O/c1-4-20-13(2,3)8-19-12(16-17-18-19)9-6-5-7-10(14)11(9)15/h5-7H,4,8,15H2,1-3H3.